The van der Waals surface area contributed by atoms with E-state index in [2.05, 4.69) is 34.9 Å². The summed E-state index contributed by atoms with van der Waals surface area (Å²) in [7, 11) is 1.71. The Morgan fingerprint density at radius 2 is 1.59 bits per heavy atom. The van der Waals surface area contributed by atoms with E-state index in [-0.39, 0.29) is 30.3 Å². The third-order valence-corrected chi connectivity index (χ3v) is 7.41. The molecule has 7 nitrogen and oxygen atoms in total. The van der Waals surface area contributed by atoms with Gasteiger partial charge in [0.2, 0.25) is 17.7 Å². The van der Waals surface area contributed by atoms with Crippen molar-refractivity contribution in [1.82, 2.24) is 20.4 Å². The zero-order chi connectivity index (χ0) is 28.3. The van der Waals surface area contributed by atoms with Gasteiger partial charge < -0.3 is 20.4 Å². The zero-order valence-electron chi connectivity index (χ0n) is 24.1. The Bertz CT molecular complexity index is 1050. The minimum Gasteiger partial charge on any atom is -0.343 e. The van der Waals surface area contributed by atoms with Gasteiger partial charge in [0.15, 0.2) is 0 Å². The molecular weight excluding hydrogens is 488 g/mol. The number of hydrogen-bond acceptors (Lipinski definition) is 4. The van der Waals surface area contributed by atoms with Crippen molar-refractivity contribution in [2.45, 2.75) is 71.4 Å². The second kappa shape index (κ2) is 14.8. The molecule has 1 saturated heterocycles. The average Bonchev–Trinajstić information content (AvgIpc) is 3.38. The molecule has 2 unspecified atom stereocenters. The molecule has 1 aliphatic rings. The van der Waals surface area contributed by atoms with Crippen LogP contribution in [0.4, 0.5) is 0 Å². The summed E-state index contributed by atoms with van der Waals surface area (Å²) < 4.78 is 0. The Morgan fingerprint density at radius 3 is 2.18 bits per heavy atom. The Morgan fingerprint density at radius 1 is 0.974 bits per heavy atom. The molecule has 0 spiro atoms. The Hall–Kier alpha value is -3.19. The minimum absolute atomic E-state index is 0.0580. The monoisotopic (exact) mass is 534 g/mol. The number of benzene rings is 2. The highest BCUT2D eigenvalue weighted by atomic mass is 16.2. The first kappa shape index (κ1) is 30.4. The Kier molecular flexibility index (Phi) is 11.5. The fourth-order valence-electron chi connectivity index (χ4n) is 5.23. The van der Waals surface area contributed by atoms with E-state index >= 15 is 0 Å². The van der Waals surface area contributed by atoms with Crippen LogP contribution in [-0.2, 0) is 27.2 Å². The van der Waals surface area contributed by atoms with Crippen LogP contribution in [0.5, 0.6) is 0 Å². The van der Waals surface area contributed by atoms with Gasteiger partial charge >= 0.3 is 0 Å². The van der Waals surface area contributed by atoms with Gasteiger partial charge in [-0.25, -0.2) is 0 Å². The number of amides is 3. The van der Waals surface area contributed by atoms with E-state index in [1.54, 1.807) is 7.05 Å². The third-order valence-electron chi connectivity index (χ3n) is 7.41. The number of carbonyl (C=O) groups excluding carboxylic acids is 3. The predicted octanol–water partition coefficient (Wildman–Crippen LogP) is 3.82. The van der Waals surface area contributed by atoms with Gasteiger partial charge in [0.1, 0.15) is 6.04 Å². The molecule has 0 radical (unpaired) electrons. The van der Waals surface area contributed by atoms with E-state index in [1.165, 1.54) is 11.1 Å². The lowest BCUT2D eigenvalue weighted by atomic mass is 9.85. The lowest BCUT2D eigenvalue weighted by molar-refractivity contribution is -0.141. The van der Waals surface area contributed by atoms with Gasteiger partial charge in [-0.15, -0.1) is 0 Å². The highest BCUT2D eigenvalue weighted by Crippen LogP contribution is 2.26. The second-order valence-corrected chi connectivity index (χ2v) is 11.6. The van der Waals surface area contributed by atoms with Crippen LogP contribution in [0.25, 0.3) is 0 Å². The van der Waals surface area contributed by atoms with Crippen molar-refractivity contribution >= 4 is 17.7 Å². The number of nitrogens with one attached hydrogen (secondary N) is 2. The summed E-state index contributed by atoms with van der Waals surface area (Å²) in [5, 5.41) is 5.80. The van der Waals surface area contributed by atoms with Crippen LogP contribution in [0, 0.1) is 5.41 Å². The first-order chi connectivity index (χ1) is 18.7. The maximum absolute atomic E-state index is 13.8. The number of rotatable bonds is 13. The van der Waals surface area contributed by atoms with Gasteiger partial charge in [-0.05, 0) is 55.7 Å². The van der Waals surface area contributed by atoms with Crippen LogP contribution in [0.3, 0.4) is 0 Å². The molecule has 0 aliphatic carbocycles. The van der Waals surface area contributed by atoms with Crippen LogP contribution in [0.15, 0.2) is 60.7 Å². The fraction of sp³-hybridized carbons (Fsp3) is 0.531. The van der Waals surface area contributed by atoms with Crippen molar-refractivity contribution in [3.05, 3.63) is 71.8 Å². The van der Waals surface area contributed by atoms with E-state index in [9.17, 15) is 14.4 Å². The largest absolute Gasteiger partial charge is 0.343 e. The lowest BCUT2D eigenvalue weighted by Crippen LogP contribution is -2.58. The minimum atomic E-state index is -0.627. The summed E-state index contributed by atoms with van der Waals surface area (Å²) in [6.07, 6.45) is 4.67. The number of likely N-dealkylation sites (N-methyl/N-ethyl adjacent to an activating group) is 1. The summed E-state index contributed by atoms with van der Waals surface area (Å²) in [5.74, 6) is -0.121. The first-order valence-electron chi connectivity index (χ1n) is 14.3. The molecule has 3 rings (SSSR count). The fourth-order valence-corrected chi connectivity index (χ4v) is 5.23. The molecule has 1 fully saturated rings. The summed E-state index contributed by atoms with van der Waals surface area (Å²) in [4.78, 5) is 43.5. The normalized spacial score (nSPS) is 16.1. The quantitative estimate of drug-likeness (QED) is 0.409. The summed E-state index contributed by atoms with van der Waals surface area (Å²) in [6, 6.07) is 19.8. The standard InChI is InChI=1S/C32H46N4O3/c1-32(2,3)30(34-28(37)23-33-4)31(39)36-21-12-18-27(36)24-35(22-20-26-15-9-6-10-16-26)29(38)19-11-17-25-13-7-5-8-14-25/h5-10,13-16,27,30,33H,11-12,17-24H2,1-4H3,(H,34,37). The third kappa shape index (κ3) is 9.50. The van der Waals surface area contributed by atoms with Gasteiger partial charge in [-0.2, -0.15) is 0 Å². The van der Waals surface area contributed by atoms with Crippen molar-refractivity contribution < 1.29 is 14.4 Å². The number of aryl methyl sites for hydroxylation is 1. The van der Waals surface area contributed by atoms with Crippen molar-refractivity contribution in [2.24, 2.45) is 5.41 Å². The smallest absolute Gasteiger partial charge is 0.246 e. The predicted molar refractivity (Wildman–Crippen MR) is 156 cm³/mol. The molecule has 1 heterocycles. The van der Waals surface area contributed by atoms with E-state index < -0.39 is 11.5 Å². The molecule has 7 heteroatoms. The molecule has 0 saturated carbocycles. The summed E-state index contributed by atoms with van der Waals surface area (Å²) in [5.41, 5.74) is 2.00. The molecule has 3 amide bonds. The highest BCUT2D eigenvalue weighted by molar-refractivity contribution is 5.89. The van der Waals surface area contributed by atoms with Crippen LogP contribution < -0.4 is 10.6 Å². The topological polar surface area (TPSA) is 81.8 Å². The molecule has 2 aromatic rings. The van der Waals surface area contributed by atoms with Crippen LogP contribution in [0.1, 0.15) is 57.6 Å². The highest BCUT2D eigenvalue weighted by Gasteiger charge is 2.40. The number of likely N-dealkylation sites (tertiary alicyclic amines) is 1. The van der Waals surface area contributed by atoms with Crippen molar-refractivity contribution in [1.29, 1.82) is 0 Å². The van der Waals surface area contributed by atoms with Gasteiger partial charge in [-0.3, -0.25) is 14.4 Å². The number of carbonyl (C=O) groups is 3. The van der Waals surface area contributed by atoms with E-state index in [1.807, 2.05) is 67.0 Å². The van der Waals surface area contributed by atoms with E-state index in [0.29, 0.717) is 26.1 Å². The molecule has 39 heavy (non-hydrogen) atoms. The summed E-state index contributed by atoms with van der Waals surface area (Å²) >= 11 is 0. The molecule has 2 atom stereocenters. The van der Waals surface area contributed by atoms with Crippen molar-refractivity contribution in [3.8, 4) is 0 Å². The first-order valence-corrected chi connectivity index (χ1v) is 14.3. The van der Waals surface area contributed by atoms with Gasteiger partial charge in [-0.1, -0.05) is 81.4 Å². The Labute approximate surface area is 234 Å². The Balaban J connectivity index is 1.70. The molecule has 212 valence electrons. The molecule has 2 aromatic carbocycles. The van der Waals surface area contributed by atoms with E-state index in [4.69, 9.17) is 0 Å². The molecule has 0 bridgehead atoms. The molecular formula is C32H46N4O3. The number of hydrogen-bond donors (Lipinski definition) is 2. The SMILES string of the molecule is CNCC(=O)NC(C(=O)N1CCCC1CN(CCc1ccccc1)C(=O)CCCc1ccccc1)C(C)(C)C. The van der Waals surface area contributed by atoms with Crippen molar-refractivity contribution in [2.75, 3.05) is 33.2 Å². The molecule has 2 N–H and O–H groups in total. The maximum atomic E-state index is 13.8. The maximum Gasteiger partial charge on any atom is 0.246 e. The van der Waals surface area contributed by atoms with Crippen molar-refractivity contribution in [3.63, 3.8) is 0 Å². The van der Waals surface area contributed by atoms with Gasteiger partial charge in [0.05, 0.1) is 6.54 Å². The lowest BCUT2D eigenvalue weighted by Gasteiger charge is -2.37. The second-order valence-electron chi connectivity index (χ2n) is 11.6. The van der Waals surface area contributed by atoms with E-state index in [0.717, 1.165) is 32.1 Å². The van der Waals surface area contributed by atoms with Gasteiger partial charge in [0, 0.05) is 32.1 Å². The zero-order valence-corrected chi connectivity index (χ0v) is 24.1. The van der Waals surface area contributed by atoms with Crippen LogP contribution in [-0.4, -0.2) is 72.8 Å². The van der Waals surface area contributed by atoms with Crippen LogP contribution >= 0.6 is 0 Å². The molecule has 1 aliphatic heterocycles. The average molecular weight is 535 g/mol. The summed E-state index contributed by atoms with van der Waals surface area (Å²) in [6.45, 7) is 7.87. The molecule has 0 aromatic heterocycles. The van der Waals surface area contributed by atoms with Gasteiger partial charge in [0.25, 0.3) is 0 Å². The van der Waals surface area contributed by atoms with Crippen LogP contribution in [0.2, 0.25) is 0 Å². The number of nitrogens with zero attached hydrogens (tertiary/aromatic N) is 2.